The van der Waals surface area contributed by atoms with Crippen LogP contribution in [0.3, 0.4) is 0 Å². The maximum Gasteiger partial charge on any atom is 0.269 e. The quantitative estimate of drug-likeness (QED) is 0.591. The molecule has 1 N–H and O–H groups in total. The molecule has 0 unspecified atom stereocenters. The zero-order valence-corrected chi connectivity index (χ0v) is 15.4. The standard InChI is InChI=1S/C22H24N2O3/c1-2-27-17-8-5-13(6-9-17)22-21-15-4-3-14(11-15)20(21)18-12-16(24(25)26)7-10-19(18)23-22/h5-10,12,14-15,20-23H,2-4,11H2,1H3/t14-,15+,20+,21-,22+/m0/s1. The number of nitrogens with zero attached hydrogens (tertiary/aromatic N) is 1. The van der Waals surface area contributed by atoms with Gasteiger partial charge in [-0.2, -0.15) is 0 Å². The third kappa shape index (κ3) is 2.59. The molecule has 2 aromatic carbocycles. The zero-order chi connectivity index (χ0) is 18.5. The van der Waals surface area contributed by atoms with E-state index in [-0.39, 0.29) is 16.7 Å². The average molecular weight is 364 g/mol. The summed E-state index contributed by atoms with van der Waals surface area (Å²) in [5.74, 6) is 3.20. The summed E-state index contributed by atoms with van der Waals surface area (Å²) in [6.07, 6.45) is 3.79. The molecule has 5 rings (SSSR count). The second-order valence-corrected chi connectivity index (χ2v) is 8.09. The lowest BCUT2D eigenvalue weighted by molar-refractivity contribution is -0.384. The fraction of sp³-hybridized carbons (Fsp3) is 0.455. The Morgan fingerprint density at radius 2 is 1.93 bits per heavy atom. The SMILES string of the molecule is CCOc1ccc([C@H]2Nc3ccc([N+](=O)[O-])cc3[C@H]3[C@H]4CC[C@H](C4)[C@@H]32)cc1. The first kappa shape index (κ1) is 16.6. The minimum atomic E-state index is -0.277. The van der Waals surface area contributed by atoms with Gasteiger partial charge >= 0.3 is 0 Å². The highest BCUT2D eigenvalue weighted by molar-refractivity contribution is 5.62. The Morgan fingerprint density at radius 3 is 2.67 bits per heavy atom. The van der Waals surface area contributed by atoms with Crippen LogP contribution in [0.5, 0.6) is 5.75 Å². The molecule has 2 aliphatic carbocycles. The Bertz CT molecular complexity index is 880. The minimum Gasteiger partial charge on any atom is -0.494 e. The number of non-ortho nitro benzene ring substituents is 1. The molecule has 5 nitrogen and oxygen atoms in total. The summed E-state index contributed by atoms with van der Waals surface area (Å²) in [6, 6.07) is 14.0. The average Bonchev–Trinajstić information content (AvgIpc) is 3.30. The van der Waals surface area contributed by atoms with Crippen molar-refractivity contribution in [3.63, 3.8) is 0 Å². The van der Waals surface area contributed by atoms with E-state index >= 15 is 0 Å². The maximum absolute atomic E-state index is 11.3. The van der Waals surface area contributed by atoms with Crippen LogP contribution in [-0.2, 0) is 0 Å². The number of hydrogen-bond acceptors (Lipinski definition) is 4. The Hall–Kier alpha value is -2.56. The molecule has 2 fully saturated rings. The molecule has 27 heavy (non-hydrogen) atoms. The van der Waals surface area contributed by atoms with Crippen LogP contribution < -0.4 is 10.1 Å². The number of fused-ring (bicyclic) bond motifs is 7. The number of nitro groups is 1. The van der Waals surface area contributed by atoms with Crippen molar-refractivity contribution in [2.24, 2.45) is 17.8 Å². The molecule has 140 valence electrons. The molecule has 1 heterocycles. The molecule has 5 heteroatoms. The third-order valence-corrected chi connectivity index (χ3v) is 6.83. The van der Waals surface area contributed by atoms with Crippen LogP contribution in [0.25, 0.3) is 0 Å². The van der Waals surface area contributed by atoms with Crippen LogP contribution in [0.2, 0.25) is 0 Å². The molecule has 0 radical (unpaired) electrons. The predicted molar refractivity (Wildman–Crippen MR) is 104 cm³/mol. The highest BCUT2D eigenvalue weighted by atomic mass is 16.6. The van der Waals surface area contributed by atoms with Gasteiger partial charge < -0.3 is 10.1 Å². The van der Waals surface area contributed by atoms with E-state index in [2.05, 4.69) is 17.4 Å². The summed E-state index contributed by atoms with van der Waals surface area (Å²) in [7, 11) is 0. The number of nitrogens with one attached hydrogen (secondary N) is 1. The van der Waals surface area contributed by atoms with Gasteiger partial charge in [0.15, 0.2) is 0 Å². The van der Waals surface area contributed by atoms with Crippen LogP contribution in [0.15, 0.2) is 42.5 Å². The van der Waals surface area contributed by atoms with Gasteiger partial charge in [0.25, 0.3) is 5.69 Å². The van der Waals surface area contributed by atoms with Gasteiger partial charge in [-0.25, -0.2) is 0 Å². The fourth-order valence-electron chi connectivity index (χ4n) is 5.86. The number of rotatable bonds is 4. The molecule has 1 aliphatic heterocycles. The first-order chi connectivity index (χ1) is 13.2. The van der Waals surface area contributed by atoms with Crippen molar-refractivity contribution in [2.45, 2.75) is 38.1 Å². The van der Waals surface area contributed by atoms with Gasteiger partial charge in [0, 0.05) is 17.8 Å². The largest absolute Gasteiger partial charge is 0.494 e. The highest BCUT2D eigenvalue weighted by Crippen LogP contribution is 2.63. The van der Waals surface area contributed by atoms with Crippen molar-refractivity contribution >= 4 is 11.4 Å². The number of benzene rings is 2. The number of nitro benzene ring substituents is 1. The van der Waals surface area contributed by atoms with Crippen LogP contribution in [0.4, 0.5) is 11.4 Å². The van der Waals surface area contributed by atoms with E-state index < -0.39 is 0 Å². The second kappa shape index (κ2) is 6.25. The molecule has 0 saturated heterocycles. The molecule has 3 aliphatic rings. The molecule has 2 saturated carbocycles. The van der Waals surface area contributed by atoms with E-state index in [9.17, 15) is 10.1 Å². The molecule has 0 aromatic heterocycles. The summed E-state index contributed by atoms with van der Waals surface area (Å²) in [5.41, 5.74) is 3.71. The summed E-state index contributed by atoms with van der Waals surface area (Å²) < 4.78 is 5.59. The van der Waals surface area contributed by atoms with Crippen molar-refractivity contribution in [1.29, 1.82) is 0 Å². The summed E-state index contributed by atoms with van der Waals surface area (Å²) in [6.45, 7) is 2.66. The minimum absolute atomic E-state index is 0.205. The lowest BCUT2D eigenvalue weighted by Crippen LogP contribution is -2.35. The van der Waals surface area contributed by atoms with Gasteiger partial charge in [-0.15, -0.1) is 0 Å². The first-order valence-electron chi connectivity index (χ1n) is 9.93. The Morgan fingerprint density at radius 1 is 1.15 bits per heavy atom. The Kier molecular flexibility index (Phi) is 3.85. The van der Waals surface area contributed by atoms with Crippen molar-refractivity contribution in [1.82, 2.24) is 0 Å². The second-order valence-electron chi connectivity index (χ2n) is 8.09. The van der Waals surface area contributed by atoms with Crippen molar-refractivity contribution in [3.8, 4) is 5.75 Å². The van der Waals surface area contributed by atoms with E-state index in [0.717, 1.165) is 17.0 Å². The molecule has 5 atom stereocenters. The summed E-state index contributed by atoms with van der Waals surface area (Å²) >= 11 is 0. The van der Waals surface area contributed by atoms with Crippen molar-refractivity contribution < 1.29 is 9.66 Å². The summed E-state index contributed by atoms with van der Waals surface area (Å²) in [5, 5.41) is 15.0. The molecule has 0 spiro atoms. The van der Waals surface area contributed by atoms with Crippen LogP contribution in [0, 0.1) is 27.9 Å². The van der Waals surface area contributed by atoms with Gasteiger partial charge in [-0.1, -0.05) is 12.1 Å². The van der Waals surface area contributed by atoms with Gasteiger partial charge in [-0.3, -0.25) is 10.1 Å². The topological polar surface area (TPSA) is 64.4 Å². The van der Waals surface area contributed by atoms with Crippen molar-refractivity contribution in [2.75, 3.05) is 11.9 Å². The molecule has 0 amide bonds. The third-order valence-electron chi connectivity index (χ3n) is 6.83. The molecule has 2 aromatic rings. The summed E-state index contributed by atoms with van der Waals surface area (Å²) in [4.78, 5) is 11.0. The molecular formula is C22H24N2O3. The van der Waals surface area contributed by atoms with Gasteiger partial charge in [-0.05, 0) is 79.2 Å². The number of ether oxygens (including phenoxy) is 1. The normalized spacial score (nSPS) is 30.3. The van der Waals surface area contributed by atoms with Gasteiger partial charge in [0.05, 0.1) is 17.6 Å². The maximum atomic E-state index is 11.3. The Labute approximate surface area is 158 Å². The van der Waals surface area contributed by atoms with Crippen molar-refractivity contribution in [3.05, 3.63) is 63.7 Å². The van der Waals surface area contributed by atoms with E-state index in [1.165, 1.54) is 24.8 Å². The zero-order valence-electron chi connectivity index (χ0n) is 15.4. The van der Waals surface area contributed by atoms with E-state index in [1.807, 2.05) is 31.2 Å². The van der Waals surface area contributed by atoms with Gasteiger partial charge in [0.2, 0.25) is 0 Å². The lowest BCUT2D eigenvalue weighted by atomic mass is 9.68. The number of anilines is 1. The monoisotopic (exact) mass is 364 g/mol. The smallest absolute Gasteiger partial charge is 0.269 e. The van der Waals surface area contributed by atoms with Gasteiger partial charge in [0.1, 0.15) is 5.75 Å². The van der Waals surface area contributed by atoms with E-state index in [1.54, 1.807) is 6.07 Å². The number of hydrogen-bond donors (Lipinski definition) is 1. The highest BCUT2D eigenvalue weighted by Gasteiger charge is 2.54. The molecular weight excluding hydrogens is 340 g/mol. The first-order valence-corrected chi connectivity index (χ1v) is 9.93. The molecule has 2 bridgehead atoms. The van der Waals surface area contributed by atoms with Crippen LogP contribution in [0.1, 0.15) is 49.3 Å². The fourth-order valence-corrected chi connectivity index (χ4v) is 5.86. The van der Waals surface area contributed by atoms with E-state index in [4.69, 9.17) is 4.74 Å². The van der Waals surface area contributed by atoms with Crippen LogP contribution in [-0.4, -0.2) is 11.5 Å². The van der Waals surface area contributed by atoms with E-state index in [0.29, 0.717) is 30.3 Å². The Balaban J connectivity index is 1.55. The lowest BCUT2D eigenvalue weighted by Gasteiger charge is -2.43. The predicted octanol–water partition coefficient (Wildman–Crippen LogP) is 5.29. The van der Waals surface area contributed by atoms with Crippen LogP contribution >= 0.6 is 0 Å².